The zero-order valence-electron chi connectivity index (χ0n) is 25.1. The third kappa shape index (κ3) is 6.62. The Labute approximate surface area is 260 Å². The molecule has 0 saturated carbocycles. The molecule has 1 aliphatic rings. The van der Waals surface area contributed by atoms with E-state index < -0.39 is 18.0 Å². The van der Waals surface area contributed by atoms with Crippen LogP contribution < -0.4 is 20.3 Å². The van der Waals surface area contributed by atoms with Gasteiger partial charge < -0.3 is 30.4 Å². The summed E-state index contributed by atoms with van der Waals surface area (Å²) < 4.78 is 20.1. The van der Waals surface area contributed by atoms with Crippen molar-refractivity contribution < 1.29 is 23.8 Å². The first-order chi connectivity index (χ1) is 21.8. The number of fused-ring (bicyclic) bond motifs is 1. The number of carbonyl (C=O) groups is 2. The normalized spacial score (nSPS) is 14.2. The molecule has 5 aromatic rings. The van der Waals surface area contributed by atoms with Crippen LogP contribution in [0, 0.1) is 12.7 Å². The molecule has 0 bridgehead atoms. The summed E-state index contributed by atoms with van der Waals surface area (Å²) in [6.07, 6.45) is 0.530. The van der Waals surface area contributed by atoms with Gasteiger partial charge in [0, 0.05) is 47.2 Å². The summed E-state index contributed by atoms with van der Waals surface area (Å²) in [5, 5.41) is 15.7. The summed E-state index contributed by atoms with van der Waals surface area (Å²) in [6.45, 7) is 3.49. The van der Waals surface area contributed by atoms with Crippen LogP contribution >= 0.6 is 0 Å². The SMILES string of the molecule is COc1ccc(F)cc1[C@@H](NC(=O)c1cc(C)cc(-c2ccc(N3CCC(NC(=O)O)CC3)cc2)c1)c1cc2ccccc2[nH]1. The number of aryl methyl sites for hydroxylation is 1. The molecule has 1 aromatic heterocycles. The Kier molecular flexibility index (Phi) is 8.42. The molecule has 45 heavy (non-hydrogen) atoms. The molecule has 0 unspecified atom stereocenters. The summed E-state index contributed by atoms with van der Waals surface area (Å²) in [7, 11) is 1.53. The van der Waals surface area contributed by atoms with E-state index in [1.165, 1.54) is 19.2 Å². The minimum Gasteiger partial charge on any atom is -0.496 e. The number of ether oxygens (including phenoxy) is 1. The summed E-state index contributed by atoms with van der Waals surface area (Å²) >= 11 is 0. The molecule has 0 aliphatic carbocycles. The first kappa shape index (κ1) is 29.7. The van der Waals surface area contributed by atoms with Gasteiger partial charge in [0.25, 0.3) is 5.91 Å². The Morgan fingerprint density at radius 3 is 2.42 bits per heavy atom. The van der Waals surface area contributed by atoms with Gasteiger partial charge in [-0.25, -0.2) is 9.18 Å². The minimum absolute atomic E-state index is 0.0208. The summed E-state index contributed by atoms with van der Waals surface area (Å²) in [4.78, 5) is 30.5. The van der Waals surface area contributed by atoms with Crippen LogP contribution in [0.1, 0.15) is 46.1 Å². The maximum absolute atomic E-state index is 14.5. The Bertz CT molecular complexity index is 1810. The molecule has 6 rings (SSSR count). The maximum atomic E-state index is 14.5. The van der Waals surface area contributed by atoms with Crippen LogP contribution in [-0.4, -0.2) is 48.3 Å². The highest BCUT2D eigenvalue weighted by atomic mass is 19.1. The molecule has 4 aromatic carbocycles. The molecule has 1 atom stereocenters. The number of rotatable bonds is 8. The lowest BCUT2D eigenvalue weighted by Gasteiger charge is -2.33. The van der Waals surface area contributed by atoms with Gasteiger partial charge in [-0.1, -0.05) is 36.4 Å². The lowest BCUT2D eigenvalue weighted by atomic mass is 9.98. The van der Waals surface area contributed by atoms with E-state index in [-0.39, 0.29) is 11.9 Å². The van der Waals surface area contributed by atoms with Crippen molar-refractivity contribution in [2.24, 2.45) is 0 Å². The van der Waals surface area contributed by atoms with E-state index in [0.717, 1.165) is 59.2 Å². The van der Waals surface area contributed by atoms with Gasteiger partial charge in [0.1, 0.15) is 11.6 Å². The highest BCUT2D eigenvalue weighted by Crippen LogP contribution is 2.33. The van der Waals surface area contributed by atoms with Gasteiger partial charge in [-0.15, -0.1) is 0 Å². The van der Waals surface area contributed by atoms with E-state index in [1.54, 1.807) is 6.07 Å². The van der Waals surface area contributed by atoms with Crippen LogP contribution in [0.3, 0.4) is 0 Å². The van der Waals surface area contributed by atoms with Crippen LogP contribution in [-0.2, 0) is 0 Å². The number of nitrogens with zero attached hydrogens (tertiary/aromatic N) is 1. The number of anilines is 1. The number of H-pyrrole nitrogens is 1. The fourth-order valence-electron chi connectivity index (χ4n) is 6.12. The van der Waals surface area contributed by atoms with E-state index in [0.29, 0.717) is 22.6 Å². The van der Waals surface area contributed by atoms with Crippen LogP contribution in [0.5, 0.6) is 5.75 Å². The van der Waals surface area contributed by atoms with Crippen molar-refractivity contribution in [3.63, 3.8) is 0 Å². The van der Waals surface area contributed by atoms with E-state index in [4.69, 9.17) is 9.84 Å². The van der Waals surface area contributed by atoms with Gasteiger partial charge in [0.05, 0.1) is 13.2 Å². The molecule has 2 heterocycles. The molecule has 1 fully saturated rings. The fourth-order valence-corrected chi connectivity index (χ4v) is 6.12. The number of hydrogen-bond donors (Lipinski definition) is 4. The number of carboxylic acid groups (broad SMARTS) is 1. The van der Waals surface area contributed by atoms with E-state index in [1.807, 2.05) is 67.6 Å². The lowest BCUT2D eigenvalue weighted by Crippen LogP contribution is -2.44. The van der Waals surface area contributed by atoms with Gasteiger partial charge in [-0.2, -0.15) is 0 Å². The first-order valence-corrected chi connectivity index (χ1v) is 15.0. The first-order valence-electron chi connectivity index (χ1n) is 15.0. The molecule has 1 saturated heterocycles. The summed E-state index contributed by atoms with van der Waals surface area (Å²) in [6, 6.07) is 27.3. The van der Waals surface area contributed by atoms with Crippen LogP contribution in [0.2, 0.25) is 0 Å². The lowest BCUT2D eigenvalue weighted by molar-refractivity contribution is 0.0941. The van der Waals surface area contributed by atoms with Crippen molar-refractivity contribution in [3.05, 3.63) is 119 Å². The number of nitrogens with one attached hydrogen (secondary N) is 3. The number of aromatic nitrogens is 1. The standard InChI is InChI=1S/C36H35FN4O4/c1-22-17-25(23-7-10-29(11-8-23)41-15-13-28(14-16-41)38-36(43)44)19-26(18-22)35(42)40-34(30-21-27(37)9-12-33(30)45-2)32-20-24-5-3-4-6-31(24)39-32/h3-12,17-21,28,34,38-39H,13-16H2,1-2H3,(H,40,42)(H,43,44)/t34-/m1/s1. The summed E-state index contributed by atoms with van der Waals surface area (Å²) in [5.41, 5.74) is 6.48. The predicted octanol–water partition coefficient (Wildman–Crippen LogP) is 7.05. The molecule has 9 heteroatoms. The van der Waals surface area contributed by atoms with Crippen molar-refractivity contribution in [1.82, 2.24) is 15.6 Å². The monoisotopic (exact) mass is 606 g/mol. The van der Waals surface area contributed by atoms with Gasteiger partial charge >= 0.3 is 6.09 Å². The molecule has 8 nitrogen and oxygen atoms in total. The number of piperidine rings is 1. The van der Waals surface area contributed by atoms with Crippen molar-refractivity contribution in [2.75, 3.05) is 25.1 Å². The smallest absolute Gasteiger partial charge is 0.404 e. The number of amides is 2. The molecular weight excluding hydrogens is 571 g/mol. The van der Waals surface area contributed by atoms with Crippen LogP contribution in [0.25, 0.3) is 22.0 Å². The Hall–Kier alpha value is -5.31. The number of hydrogen-bond acceptors (Lipinski definition) is 4. The maximum Gasteiger partial charge on any atom is 0.404 e. The number of carbonyl (C=O) groups excluding carboxylic acids is 1. The molecule has 0 radical (unpaired) electrons. The molecule has 4 N–H and O–H groups in total. The Balaban J connectivity index is 1.26. The second kappa shape index (κ2) is 12.7. The van der Waals surface area contributed by atoms with Gasteiger partial charge in [0.2, 0.25) is 0 Å². The predicted molar refractivity (Wildman–Crippen MR) is 174 cm³/mol. The molecule has 230 valence electrons. The van der Waals surface area contributed by atoms with Crippen molar-refractivity contribution in [3.8, 4) is 16.9 Å². The van der Waals surface area contributed by atoms with Crippen molar-refractivity contribution in [2.45, 2.75) is 31.8 Å². The van der Waals surface area contributed by atoms with Gasteiger partial charge in [0.15, 0.2) is 0 Å². The summed E-state index contributed by atoms with van der Waals surface area (Å²) in [5.74, 6) is -0.263. The number of halogens is 1. The zero-order chi connectivity index (χ0) is 31.5. The number of para-hydroxylation sites is 1. The molecule has 0 spiro atoms. The van der Waals surface area contributed by atoms with E-state index >= 15 is 0 Å². The highest BCUT2D eigenvalue weighted by molar-refractivity contribution is 5.96. The van der Waals surface area contributed by atoms with Crippen LogP contribution in [0.4, 0.5) is 14.9 Å². The van der Waals surface area contributed by atoms with Crippen molar-refractivity contribution >= 4 is 28.6 Å². The van der Waals surface area contributed by atoms with Gasteiger partial charge in [-0.3, -0.25) is 4.79 Å². The molecular formula is C36H35FN4O4. The average Bonchev–Trinajstić information content (AvgIpc) is 3.47. The fraction of sp³-hybridized carbons (Fsp3) is 0.222. The van der Waals surface area contributed by atoms with Crippen LogP contribution in [0.15, 0.2) is 91.0 Å². The van der Waals surface area contributed by atoms with Crippen molar-refractivity contribution in [1.29, 1.82) is 0 Å². The quantitative estimate of drug-likeness (QED) is 0.152. The number of methoxy groups -OCH3 is 1. The second-order valence-corrected chi connectivity index (χ2v) is 11.5. The second-order valence-electron chi connectivity index (χ2n) is 11.5. The largest absolute Gasteiger partial charge is 0.496 e. The third-order valence-electron chi connectivity index (χ3n) is 8.37. The van der Waals surface area contributed by atoms with Gasteiger partial charge in [-0.05, 0) is 96.4 Å². The molecule has 2 amide bonds. The minimum atomic E-state index is -0.980. The molecule has 1 aliphatic heterocycles. The topological polar surface area (TPSA) is 107 Å². The number of aromatic amines is 1. The Morgan fingerprint density at radius 1 is 0.956 bits per heavy atom. The van der Waals surface area contributed by atoms with E-state index in [9.17, 15) is 14.0 Å². The Morgan fingerprint density at radius 2 is 1.71 bits per heavy atom. The zero-order valence-corrected chi connectivity index (χ0v) is 25.1. The average molecular weight is 607 g/mol. The highest BCUT2D eigenvalue weighted by Gasteiger charge is 2.25. The third-order valence-corrected chi connectivity index (χ3v) is 8.37. The number of benzene rings is 4. The van der Waals surface area contributed by atoms with E-state index in [2.05, 4.69) is 32.7 Å².